The number of rotatable bonds is 3. The number of benzene rings is 1. The average molecular weight is 236 g/mol. The summed E-state index contributed by atoms with van der Waals surface area (Å²) >= 11 is 0. The Bertz CT molecular complexity index is 566. The zero-order chi connectivity index (χ0) is 12.4. The first-order valence-corrected chi connectivity index (χ1v) is 4.74. The second kappa shape index (κ2) is 4.25. The second-order valence-electron chi connectivity index (χ2n) is 3.31. The van der Waals surface area contributed by atoms with Crippen LogP contribution in [0.2, 0.25) is 0 Å². The van der Waals surface area contributed by atoms with Crippen LogP contribution in [-0.2, 0) is 0 Å². The summed E-state index contributed by atoms with van der Waals surface area (Å²) in [6, 6.07) is 4.18. The minimum Gasteiger partial charge on any atom is -0.494 e. The molecule has 5 nitrogen and oxygen atoms in total. The Balaban J connectivity index is 2.50. The van der Waals surface area contributed by atoms with Gasteiger partial charge in [-0.3, -0.25) is 5.10 Å². The molecule has 0 saturated carbocycles. The number of nitrogens with one attached hydrogen (secondary N) is 1. The van der Waals surface area contributed by atoms with Gasteiger partial charge in [-0.25, -0.2) is 9.18 Å². The van der Waals surface area contributed by atoms with Crippen molar-refractivity contribution in [3.63, 3.8) is 0 Å². The molecule has 2 rings (SSSR count). The van der Waals surface area contributed by atoms with Crippen molar-refractivity contribution in [3.8, 4) is 17.0 Å². The van der Waals surface area contributed by atoms with Crippen molar-refractivity contribution in [2.24, 2.45) is 0 Å². The first kappa shape index (κ1) is 11.1. The number of aromatic carboxylic acids is 1. The van der Waals surface area contributed by atoms with Gasteiger partial charge in [-0.2, -0.15) is 5.10 Å². The summed E-state index contributed by atoms with van der Waals surface area (Å²) in [5.41, 5.74) is 0.659. The van der Waals surface area contributed by atoms with E-state index < -0.39 is 11.8 Å². The van der Waals surface area contributed by atoms with Crippen molar-refractivity contribution >= 4 is 5.97 Å². The molecule has 0 aliphatic heterocycles. The normalized spacial score (nSPS) is 10.2. The maximum absolute atomic E-state index is 13.5. The van der Waals surface area contributed by atoms with Gasteiger partial charge >= 0.3 is 5.97 Å². The van der Waals surface area contributed by atoms with Gasteiger partial charge in [0.2, 0.25) is 0 Å². The molecule has 0 fully saturated rings. The molecule has 88 valence electrons. The molecule has 1 aromatic heterocycles. The third kappa shape index (κ3) is 1.96. The van der Waals surface area contributed by atoms with Crippen LogP contribution in [0.5, 0.6) is 5.75 Å². The molecule has 0 aliphatic carbocycles. The minimum absolute atomic E-state index is 0.00503. The zero-order valence-electron chi connectivity index (χ0n) is 8.90. The van der Waals surface area contributed by atoms with Crippen LogP contribution in [0.3, 0.4) is 0 Å². The van der Waals surface area contributed by atoms with Crippen LogP contribution in [-0.4, -0.2) is 28.4 Å². The lowest BCUT2D eigenvalue weighted by Gasteiger charge is -2.04. The van der Waals surface area contributed by atoms with Crippen molar-refractivity contribution < 1.29 is 19.0 Å². The maximum atomic E-state index is 13.5. The number of nitrogens with zero attached hydrogens (tertiary/aromatic N) is 1. The van der Waals surface area contributed by atoms with E-state index in [2.05, 4.69) is 10.2 Å². The molecule has 1 aromatic carbocycles. The molecular formula is C11H9FN2O3. The summed E-state index contributed by atoms with van der Waals surface area (Å²) in [5.74, 6) is -1.58. The Morgan fingerprint density at radius 1 is 1.53 bits per heavy atom. The van der Waals surface area contributed by atoms with Gasteiger partial charge in [0.25, 0.3) is 0 Å². The molecule has 0 radical (unpaired) electrons. The van der Waals surface area contributed by atoms with Crippen molar-refractivity contribution in [2.75, 3.05) is 7.11 Å². The van der Waals surface area contributed by atoms with E-state index in [0.717, 1.165) is 0 Å². The van der Waals surface area contributed by atoms with Crippen molar-refractivity contribution in [2.45, 2.75) is 0 Å². The van der Waals surface area contributed by atoms with Crippen LogP contribution in [0, 0.1) is 5.82 Å². The SMILES string of the molecule is COc1ccc(-c2[nH]ncc2C(=O)O)cc1F. The van der Waals surface area contributed by atoms with E-state index in [0.29, 0.717) is 5.56 Å². The molecule has 0 atom stereocenters. The predicted octanol–water partition coefficient (Wildman–Crippen LogP) is 1.92. The highest BCUT2D eigenvalue weighted by atomic mass is 19.1. The van der Waals surface area contributed by atoms with E-state index in [1.807, 2.05) is 0 Å². The van der Waals surface area contributed by atoms with Gasteiger partial charge in [0.1, 0.15) is 5.56 Å². The Labute approximate surface area is 95.9 Å². The quantitative estimate of drug-likeness (QED) is 0.853. The van der Waals surface area contributed by atoms with E-state index >= 15 is 0 Å². The van der Waals surface area contributed by atoms with E-state index in [1.165, 1.54) is 25.4 Å². The molecule has 0 saturated heterocycles. The van der Waals surface area contributed by atoms with Crippen molar-refractivity contribution in [3.05, 3.63) is 35.8 Å². The standard InChI is InChI=1S/C11H9FN2O3/c1-17-9-3-2-6(4-8(9)12)10-7(11(15)16)5-13-14-10/h2-5H,1H3,(H,13,14)(H,15,16). The van der Waals surface area contributed by atoms with Crippen LogP contribution in [0.15, 0.2) is 24.4 Å². The van der Waals surface area contributed by atoms with Gasteiger partial charge in [-0.1, -0.05) is 0 Å². The van der Waals surface area contributed by atoms with E-state index in [-0.39, 0.29) is 17.0 Å². The molecule has 0 amide bonds. The molecule has 6 heteroatoms. The number of carboxylic acids is 1. The minimum atomic E-state index is -1.12. The Kier molecular flexibility index (Phi) is 2.78. The number of methoxy groups -OCH3 is 1. The number of carboxylic acid groups (broad SMARTS) is 1. The van der Waals surface area contributed by atoms with Crippen LogP contribution in [0.1, 0.15) is 10.4 Å². The first-order chi connectivity index (χ1) is 8.13. The number of ether oxygens (including phenoxy) is 1. The van der Waals surface area contributed by atoms with Crippen LogP contribution < -0.4 is 4.74 Å². The summed E-state index contributed by atoms with van der Waals surface area (Å²) in [7, 11) is 1.36. The summed E-state index contributed by atoms with van der Waals surface area (Å²) in [4.78, 5) is 10.9. The van der Waals surface area contributed by atoms with Gasteiger partial charge in [-0.15, -0.1) is 0 Å². The van der Waals surface area contributed by atoms with E-state index in [9.17, 15) is 9.18 Å². The van der Waals surface area contributed by atoms with E-state index in [1.54, 1.807) is 6.07 Å². The molecule has 17 heavy (non-hydrogen) atoms. The fraction of sp³-hybridized carbons (Fsp3) is 0.0909. The largest absolute Gasteiger partial charge is 0.494 e. The summed E-state index contributed by atoms with van der Waals surface area (Å²) in [6.45, 7) is 0. The highest BCUT2D eigenvalue weighted by Gasteiger charge is 2.15. The Morgan fingerprint density at radius 3 is 2.88 bits per heavy atom. The van der Waals surface area contributed by atoms with Gasteiger partial charge in [-0.05, 0) is 18.2 Å². The fourth-order valence-corrected chi connectivity index (χ4v) is 1.49. The molecule has 0 bridgehead atoms. The van der Waals surface area contributed by atoms with Crippen LogP contribution in [0.25, 0.3) is 11.3 Å². The number of aromatic amines is 1. The number of carbonyl (C=O) groups is 1. The maximum Gasteiger partial charge on any atom is 0.339 e. The lowest BCUT2D eigenvalue weighted by Crippen LogP contribution is -1.97. The highest BCUT2D eigenvalue weighted by Crippen LogP contribution is 2.26. The monoisotopic (exact) mass is 236 g/mol. The smallest absolute Gasteiger partial charge is 0.339 e. The number of hydrogen-bond donors (Lipinski definition) is 2. The Morgan fingerprint density at radius 2 is 2.29 bits per heavy atom. The fourth-order valence-electron chi connectivity index (χ4n) is 1.49. The van der Waals surface area contributed by atoms with Gasteiger partial charge < -0.3 is 9.84 Å². The summed E-state index contributed by atoms with van der Waals surface area (Å²) in [6.07, 6.45) is 1.18. The second-order valence-corrected chi connectivity index (χ2v) is 3.31. The highest BCUT2D eigenvalue weighted by molar-refractivity contribution is 5.94. The lowest BCUT2D eigenvalue weighted by atomic mass is 10.1. The number of H-pyrrole nitrogens is 1. The zero-order valence-corrected chi connectivity index (χ0v) is 8.90. The van der Waals surface area contributed by atoms with Crippen molar-refractivity contribution in [1.82, 2.24) is 10.2 Å². The van der Waals surface area contributed by atoms with Crippen LogP contribution in [0.4, 0.5) is 4.39 Å². The van der Waals surface area contributed by atoms with Gasteiger partial charge in [0.05, 0.1) is 19.0 Å². The molecule has 2 aromatic rings. The molecule has 1 heterocycles. The summed E-state index contributed by atoms with van der Waals surface area (Å²) in [5, 5.41) is 15.1. The molecule has 2 N–H and O–H groups in total. The van der Waals surface area contributed by atoms with Gasteiger partial charge in [0, 0.05) is 5.56 Å². The third-order valence-electron chi connectivity index (χ3n) is 2.31. The third-order valence-corrected chi connectivity index (χ3v) is 2.31. The Hall–Kier alpha value is -2.37. The first-order valence-electron chi connectivity index (χ1n) is 4.74. The number of aromatic nitrogens is 2. The predicted molar refractivity (Wildman–Crippen MR) is 57.5 cm³/mol. The van der Waals surface area contributed by atoms with Gasteiger partial charge in [0.15, 0.2) is 11.6 Å². The summed E-state index contributed by atoms with van der Waals surface area (Å²) < 4.78 is 18.2. The molecule has 0 aliphatic rings. The molecule has 0 unspecified atom stereocenters. The number of halogens is 1. The topological polar surface area (TPSA) is 75.2 Å². The van der Waals surface area contributed by atoms with Crippen molar-refractivity contribution in [1.29, 1.82) is 0 Å². The molecule has 0 spiro atoms. The molecular weight excluding hydrogens is 227 g/mol. The van der Waals surface area contributed by atoms with Crippen LogP contribution >= 0.6 is 0 Å². The van der Waals surface area contributed by atoms with E-state index in [4.69, 9.17) is 9.84 Å². The lowest BCUT2D eigenvalue weighted by molar-refractivity contribution is 0.0698. The average Bonchev–Trinajstić information content (AvgIpc) is 2.77. The number of hydrogen-bond acceptors (Lipinski definition) is 3.